The van der Waals surface area contributed by atoms with Gasteiger partial charge in [0.1, 0.15) is 5.75 Å². The van der Waals surface area contributed by atoms with Gasteiger partial charge in [-0.2, -0.15) is 0 Å². The second kappa shape index (κ2) is 5.17. The number of aliphatic hydroxyl groups is 1. The Bertz CT molecular complexity index is 303. The molecular weight excluding hydrogens is 188 g/mol. The van der Waals surface area contributed by atoms with Crippen LogP contribution in [-0.2, 0) is 6.42 Å². The highest BCUT2D eigenvalue weighted by molar-refractivity contribution is 5.34. The molecule has 1 aromatic carbocycles. The smallest absolute Gasteiger partial charge is 0.122 e. The second-order valence-electron chi connectivity index (χ2n) is 4.31. The minimum absolute atomic E-state index is 0.0470. The van der Waals surface area contributed by atoms with Gasteiger partial charge in [0.2, 0.25) is 0 Å². The lowest BCUT2D eigenvalue weighted by molar-refractivity contribution is 0.137. The van der Waals surface area contributed by atoms with Crippen molar-refractivity contribution in [3.05, 3.63) is 29.8 Å². The number of rotatable bonds is 5. The van der Waals surface area contributed by atoms with Gasteiger partial charge in [-0.3, -0.25) is 0 Å². The van der Waals surface area contributed by atoms with Gasteiger partial charge in [-0.15, -0.1) is 0 Å². The van der Waals surface area contributed by atoms with E-state index in [4.69, 9.17) is 4.74 Å². The molecule has 0 aliphatic heterocycles. The summed E-state index contributed by atoms with van der Waals surface area (Å²) >= 11 is 0. The summed E-state index contributed by atoms with van der Waals surface area (Å²) in [5, 5.41) is 9.37. The highest BCUT2D eigenvalue weighted by Crippen LogP contribution is 2.30. The third-order valence-corrected chi connectivity index (χ3v) is 3.05. The number of methoxy groups -OCH3 is 1. The van der Waals surface area contributed by atoms with Crippen LogP contribution in [-0.4, -0.2) is 18.8 Å². The van der Waals surface area contributed by atoms with Crippen LogP contribution in [0.15, 0.2) is 24.3 Å². The monoisotopic (exact) mass is 208 g/mol. The maximum absolute atomic E-state index is 9.37. The average molecular weight is 208 g/mol. The Labute approximate surface area is 91.9 Å². The normalized spacial score (nSPS) is 14.7. The van der Waals surface area contributed by atoms with E-state index in [1.807, 2.05) is 18.2 Å². The van der Waals surface area contributed by atoms with E-state index in [1.54, 1.807) is 7.11 Å². The first-order chi connectivity index (χ1) is 7.15. The molecule has 1 rings (SSSR count). The molecule has 0 aliphatic rings. The summed E-state index contributed by atoms with van der Waals surface area (Å²) in [6.07, 6.45) is 1.81. The van der Waals surface area contributed by atoms with Crippen molar-refractivity contribution in [2.45, 2.75) is 26.7 Å². The molecule has 0 saturated carbocycles. The minimum atomic E-state index is -0.0470. The first-order valence-corrected chi connectivity index (χ1v) is 5.38. The Hall–Kier alpha value is -1.02. The Kier molecular flexibility index (Phi) is 4.15. The molecule has 0 amide bonds. The standard InChI is InChI=1S/C13H20O2/c1-4-13(2,10-14)9-11-7-5-6-8-12(11)15-3/h5-8,14H,4,9-10H2,1-3H3. The molecule has 0 bridgehead atoms. The van der Waals surface area contributed by atoms with E-state index in [2.05, 4.69) is 19.9 Å². The molecule has 0 radical (unpaired) electrons. The van der Waals surface area contributed by atoms with E-state index in [0.717, 1.165) is 18.6 Å². The topological polar surface area (TPSA) is 29.5 Å². The molecular formula is C13H20O2. The number of para-hydroxylation sites is 1. The van der Waals surface area contributed by atoms with Gasteiger partial charge in [0, 0.05) is 6.61 Å². The zero-order valence-electron chi connectivity index (χ0n) is 9.79. The summed E-state index contributed by atoms with van der Waals surface area (Å²) in [5.74, 6) is 0.908. The molecule has 1 aromatic rings. The summed E-state index contributed by atoms with van der Waals surface area (Å²) in [6.45, 7) is 4.41. The van der Waals surface area contributed by atoms with Crippen molar-refractivity contribution >= 4 is 0 Å². The van der Waals surface area contributed by atoms with Gasteiger partial charge in [0.25, 0.3) is 0 Å². The van der Waals surface area contributed by atoms with E-state index in [-0.39, 0.29) is 12.0 Å². The van der Waals surface area contributed by atoms with Crippen molar-refractivity contribution in [3.8, 4) is 5.75 Å². The van der Waals surface area contributed by atoms with Crippen LogP contribution in [0.3, 0.4) is 0 Å². The van der Waals surface area contributed by atoms with Crippen LogP contribution in [0.4, 0.5) is 0 Å². The van der Waals surface area contributed by atoms with E-state index in [0.29, 0.717) is 0 Å². The summed E-state index contributed by atoms with van der Waals surface area (Å²) in [6, 6.07) is 7.99. The Morgan fingerprint density at radius 3 is 2.53 bits per heavy atom. The zero-order chi connectivity index (χ0) is 11.3. The highest BCUT2D eigenvalue weighted by atomic mass is 16.5. The van der Waals surface area contributed by atoms with Gasteiger partial charge >= 0.3 is 0 Å². The quantitative estimate of drug-likeness (QED) is 0.806. The van der Waals surface area contributed by atoms with Crippen molar-refractivity contribution in [1.82, 2.24) is 0 Å². The summed E-state index contributed by atoms with van der Waals surface area (Å²) in [4.78, 5) is 0. The van der Waals surface area contributed by atoms with Gasteiger partial charge in [-0.1, -0.05) is 32.0 Å². The van der Waals surface area contributed by atoms with Crippen molar-refractivity contribution in [2.24, 2.45) is 5.41 Å². The first kappa shape index (κ1) is 12.1. The predicted octanol–water partition coefficient (Wildman–Crippen LogP) is 2.65. The lowest BCUT2D eigenvalue weighted by atomic mass is 9.82. The second-order valence-corrected chi connectivity index (χ2v) is 4.31. The van der Waals surface area contributed by atoms with Gasteiger partial charge in [-0.25, -0.2) is 0 Å². The largest absolute Gasteiger partial charge is 0.496 e. The maximum atomic E-state index is 9.37. The van der Waals surface area contributed by atoms with Crippen molar-refractivity contribution in [2.75, 3.05) is 13.7 Å². The molecule has 1 atom stereocenters. The van der Waals surface area contributed by atoms with E-state index < -0.39 is 0 Å². The molecule has 0 saturated heterocycles. The van der Waals surface area contributed by atoms with Crippen molar-refractivity contribution in [1.29, 1.82) is 0 Å². The van der Waals surface area contributed by atoms with Crippen LogP contribution in [0.1, 0.15) is 25.8 Å². The molecule has 0 fully saturated rings. The molecule has 0 aliphatic carbocycles. The molecule has 1 unspecified atom stereocenters. The van der Waals surface area contributed by atoms with Crippen LogP contribution in [0.25, 0.3) is 0 Å². The van der Waals surface area contributed by atoms with E-state index in [9.17, 15) is 5.11 Å². The van der Waals surface area contributed by atoms with Crippen LogP contribution >= 0.6 is 0 Å². The number of hydrogen-bond donors (Lipinski definition) is 1. The summed E-state index contributed by atoms with van der Waals surface area (Å²) in [5.41, 5.74) is 1.12. The fourth-order valence-corrected chi connectivity index (χ4v) is 1.60. The Morgan fingerprint density at radius 2 is 2.00 bits per heavy atom. The number of benzene rings is 1. The molecule has 2 nitrogen and oxygen atoms in total. The van der Waals surface area contributed by atoms with Crippen molar-refractivity contribution in [3.63, 3.8) is 0 Å². The molecule has 0 spiro atoms. The Morgan fingerprint density at radius 1 is 1.33 bits per heavy atom. The molecule has 0 aromatic heterocycles. The lowest BCUT2D eigenvalue weighted by Gasteiger charge is -2.26. The maximum Gasteiger partial charge on any atom is 0.122 e. The molecule has 15 heavy (non-hydrogen) atoms. The van der Waals surface area contributed by atoms with Gasteiger partial charge in [0.05, 0.1) is 7.11 Å². The molecule has 1 N–H and O–H groups in total. The van der Waals surface area contributed by atoms with Gasteiger partial charge in [-0.05, 0) is 29.9 Å². The third kappa shape index (κ3) is 2.96. The fourth-order valence-electron chi connectivity index (χ4n) is 1.60. The van der Waals surface area contributed by atoms with Crippen LogP contribution in [0.5, 0.6) is 5.75 Å². The third-order valence-electron chi connectivity index (χ3n) is 3.05. The number of ether oxygens (including phenoxy) is 1. The zero-order valence-corrected chi connectivity index (χ0v) is 9.79. The molecule has 2 heteroatoms. The predicted molar refractivity (Wildman–Crippen MR) is 62.2 cm³/mol. The minimum Gasteiger partial charge on any atom is -0.496 e. The fraction of sp³-hybridized carbons (Fsp3) is 0.538. The van der Waals surface area contributed by atoms with Gasteiger partial charge in [0.15, 0.2) is 0 Å². The van der Waals surface area contributed by atoms with Crippen LogP contribution in [0, 0.1) is 5.41 Å². The molecule has 0 heterocycles. The number of hydrogen-bond acceptors (Lipinski definition) is 2. The molecule has 84 valence electrons. The van der Waals surface area contributed by atoms with Crippen LogP contribution < -0.4 is 4.74 Å². The lowest BCUT2D eigenvalue weighted by Crippen LogP contribution is -2.23. The highest BCUT2D eigenvalue weighted by Gasteiger charge is 2.22. The SMILES string of the molecule is CCC(C)(CO)Cc1ccccc1OC. The summed E-state index contributed by atoms with van der Waals surface area (Å²) in [7, 11) is 1.68. The number of aliphatic hydroxyl groups excluding tert-OH is 1. The van der Waals surface area contributed by atoms with Gasteiger partial charge < -0.3 is 9.84 Å². The van der Waals surface area contributed by atoms with Crippen molar-refractivity contribution < 1.29 is 9.84 Å². The first-order valence-electron chi connectivity index (χ1n) is 5.38. The van der Waals surface area contributed by atoms with Crippen LogP contribution in [0.2, 0.25) is 0 Å². The van der Waals surface area contributed by atoms with E-state index >= 15 is 0 Å². The average Bonchev–Trinajstić information content (AvgIpc) is 2.29. The summed E-state index contributed by atoms with van der Waals surface area (Å²) < 4.78 is 5.30. The Balaban J connectivity index is 2.87. The van der Waals surface area contributed by atoms with E-state index in [1.165, 1.54) is 5.56 Å².